The van der Waals surface area contributed by atoms with Crippen LogP contribution in [0, 0.1) is 5.92 Å². The molecule has 0 aromatic heterocycles. The molecule has 5 nitrogen and oxygen atoms in total. The monoisotopic (exact) mass is 392 g/mol. The molecule has 0 spiro atoms. The van der Waals surface area contributed by atoms with Crippen molar-refractivity contribution in [1.82, 2.24) is 0 Å². The average molecular weight is 392 g/mol. The molecule has 2 aliphatic rings. The Kier molecular flexibility index (Phi) is 5.93. The summed E-state index contributed by atoms with van der Waals surface area (Å²) in [5, 5.41) is 0. The van der Waals surface area contributed by atoms with Crippen LogP contribution in [0.4, 0.5) is 26.3 Å². The molecule has 4 atom stereocenters. The summed E-state index contributed by atoms with van der Waals surface area (Å²) < 4.78 is 98.4. The summed E-state index contributed by atoms with van der Waals surface area (Å²) in [5.41, 5.74) is -4.70. The number of ether oxygens (including phenoxy) is 4. The number of carbonyl (C=O) groups is 1. The third kappa shape index (κ3) is 3.99. The predicted octanol–water partition coefficient (Wildman–Crippen LogP) is 3.14. The van der Waals surface area contributed by atoms with Gasteiger partial charge in [-0.15, -0.1) is 0 Å². The summed E-state index contributed by atoms with van der Waals surface area (Å²) in [7, 11) is 0. The second kappa shape index (κ2) is 7.35. The van der Waals surface area contributed by atoms with Crippen LogP contribution in [-0.2, 0) is 23.7 Å². The van der Waals surface area contributed by atoms with Gasteiger partial charge in [-0.25, -0.2) is 0 Å². The van der Waals surface area contributed by atoms with Crippen LogP contribution in [0.1, 0.15) is 20.3 Å². The summed E-state index contributed by atoms with van der Waals surface area (Å²) in [6.45, 7) is 0.0485. The second-order valence-corrected chi connectivity index (χ2v) is 5.94. The minimum atomic E-state index is -5.89. The lowest BCUT2D eigenvalue weighted by Gasteiger charge is -2.38. The first-order valence-electron chi connectivity index (χ1n) is 7.84. The van der Waals surface area contributed by atoms with Crippen molar-refractivity contribution in [2.24, 2.45) is 5.92 Å². The van der Waals surface area contributed by atoms with Crippen molar-refractivity contribution in [2.75, 3.05) is 13.2 Å². The van der Waals surface area contributed by atoms with Gasteiger partial charge in [0, 0.05) is 6.61 Å². The van der Waals surface area contributed by atoms with E-state index in [-0.39, 0.29) is 19.1 Å². The number of hydrogen-bond acceptors (Lipinski definition) is 5. The van der Waals surface area contributed by atoms with Gasteiger partial charge in [0.1, 0.15) is 6.61 Å². The molecule has 0 N–H and O–H groups in total. The summed E-state index contributed by atoms with van der Waals surface area (Å²) >= 11 is 0. The van der Waals surface area contributed by atoms with Crippen LogP contribution < -0.4 is 0 Å². The molecule has 1 saturated heterocycles. The average Bonchev–Trinajstić information content (AvgIpc) is 3.11. The van der Waals surface area contributed by atoms with Crippen LogP contribution in [0.15, 0.2) is 12.2 Å². The van der Waals surface area contributed by atoms with Gasteiger partial charge in [-0.1, -0.05) is 12.2 Å². The molecule has 4 unspecified atom stereocenters. The van der Waals surface area contributed by atoms with Crippen LogP contribution in [0.5, 0.6) is 0 Å². The highest BCUT2D eigenvalue weighted by molar-refractivity contribution is 5.74. The van der Waals surface area contributed by atoms with Crippen molar-refractivity contribution < 1.29 is 50.1 Å². The SMILES string of the molecule is CCOC(C)OC(COC(=O)C1CC2C=CC1O2)(C(F)(F)F)C(F)(F)F. The van der Waals surface area contributed by atoms with Crippen LogP contribution in [0.25, 0.3) is 0 Å². The molecule has 2 heterocycles. The third-order valence-corrected chi connectivity index (χ3v) is 4.13. The van der Waals surface area contributed by atoms with Gasteiger partial charge in [0.25, 0.3) is 5.60 Å². The molecule has 11 heteroatoms. The third-order valence-electron chi connectivity index (χ3n) is 4.13. The zero-order valence-electron chi connectivity index (χ0n) is 13.9. The number of carbonyl (C=O) groups excluding carboxylic acids is 1. The highest BCUT2D eigenvalue weighted by Crippen LogP contribution is 2.47. The smallest absolute Gasteiger partial charge is 0.430 e. The Bertz CT molecular complexity index is 530. The van der Waals surface area contributed by atoms with E-state index in [0.29, 0.717) is 0 Å². The Hall–Kier alpha value is -1.33. The first kappa shape index (κ1) is 21.0. The fourth-order valence-corrected chi connectivity index (χ4v) is 2.83. The van der Waals surface area contributed by atoms with E-state index in [1.54, 1.807) is 6.08 Å². The molecule has 0 saturated carbocycles. The zero-order valence-corrected chi connectivity index (χ0v) is 13.9. The first-order chi connectivity index (χ1) is 11.9. The van der Waals surface area contributed by atoms with E-state index in [2.05, 4.69) is 14.2 Å². The van der Waals surface area contributed by atoms with Crippen molar-refractivity contribution in [2.45, 2.75) is 56.7 Å². The maximum atomic E-state index is 13.3. The maximum Gasteiger partial charge on any atom is 0.430 e. The lowest BCUT2D eigenvalue weighted by atomic mass is 9.94. The molecule has 0 radical (unpaired) electrons. The van der Waals surface area contributed by atoms with Gasteiger partial charge in [0.05, 0.1) is 18.1 Å². The Labute approximate surface area is 145 Å². The zero-order chi connectivity index (χ0) is 19.8. The highest BCUT2D eigenvalue weighted by Gasteiger charge is 2.74. The van der Waals surface area contributed by atoms with E-state index in [4.69, 9.17) is 4.74 Å². The molecule has 2 rings (SSSR count). The van der Waals surface area contributed by atoms with Crippen LogP contribution in [-0.4, -0.2) is 55.6 Å². The fourth-order valence-electron chi connectivity index (χ4n) is 2.83. The van der Waals surface area contributed by atoms with Gasteiger partial charge in [0.15, 0.2) is 6.29 Å². The second-order valence-electron chi connectivity index (χ2n) is 5.94. The van der Waals surface area contributed by atoms with E-state index >= 15 is 0 Å². The van der Waals surface area contributed by atoms with Crippen molar-refractivity contribution in [1.29, 1.82) is 0 Å². The predicted molar refractivity (Wildman–Crippen MR) is 73.9 cm³/mol. The molecular formula is C15H18F6O5. The summed E-state index contributed by atoms with van der Waals surface area (Å²) in [6.07, 6.45) is -11.4. The Balaban J connectivity index is 2.17. The Morgan fingerprint density at radius 1 is 1.19 bits per heavy atom. The molecule has 0 aromatic rings. The molecule has 150 valence electrons. The van der Waals surface area contributed by atoms with Crippen molar-refractivity contribution >= 4 is 5.97 Å². The van der Waals surface area contributed by atoms with E-state index in [0.717, 1.165) is 6.92 Å². The highest BCUT2D eigenvalue weighted by atomic mass is 19.4. The van der Waals surface area contributed by atoms with Crippen molar-refractivity contribution in [3.63, 3.8) is 0 Å². The largest absolute Gasteiger partial charge is 0.462 e. The summed E-state index contributed by atoms with van der Waals surface area (Å²) in [6, 6.07) is 0. The molecule has 2 aliphatic heterocycles. The van der Waals surface area contributed by atoms with Gasteiger partial charge in [-0.05, 0) is 20.3 Å². The van der Waals surface area contributed by atoms with Crippen LogP contribution in [0.2, 0.25) is 0 Å². The summed E-state index contributed by atoms with van der Waals surface area (Å²) in [4.78, 5) is 12.0. The number of hydrogen-bond donors (Lipinski definition) is 0. The minimum Gasteiger partial charge on any atom is -0.462 e. The molecule has 0 aromatic carbocycles. The van der Waals surface area contributed by atoms with E-state index in [9.17, 15) is 31.1 Å². The standard InChI is InChI=1S/C15H18F6O5/c1-3-23-8(2)26-13(14(16,17)18,15(19,20)21)7-24-12(22)10-6-9-4-5-11(10)25-9/h4-5,8-11H,3,6-7H2,1-2H3. The number of rotatable bonds is 7. The van der Waals surface area contributed by atoms with Gasteiger partial charge >= 0.3 is 18.3 Å². The summed E-state index contributed by atoms with van der Waals surface area (Å²) in [5.74, 6) is -2.15. The quantitative estimate of drug-likeness (QED) is 0.288. The van der Waals surface area contributed by atoms with Crippen molar-refractivity contribution in [3.8, 4) is 0 Å². The van der Waals surface area contributed by atoms with Gasteiger partial charge in [-0.2, -0.15) is 26.3 Å². The van der Waals surface area contributed by atoms with Crippen LogP contribution in [0.3, 0.4) is 0 Å². The topological polar surface area (TPSA) is 54.0 Å². The molecule has 2 bridgehead atoms. The lowest BCUT2D eigenvalue weighted by molar-refractivity contribution is -0.413. The Morgan fingerprint density at radius 3 is 2.23 bits per heavy atom. The number of esters is 1. The molecule has 1 fully saturated rings. The van der Waals surface area contributed by atoms with Crippen molar-refractivity contribution in [3.05, 3.63) is 12.2 Å². The van der Waals surface area contributed by atoms with Gasteiger partial charge < -0.3 is 18.9 Å². The minimum absolute atomic E-state index is 0.140. The number of alkyl halides is 6. The van der Waals surface area contributed by atoms with Gasteiger partial charge in [-0.3, -0.25) is 4.79 Å². The van der Waals surface area contributed by atoms with E-state index in [1.165, 1.54) is 13.0 Å². The molecule has 26 heavy (non-hydrogen) atoms. The fraction of sp³-hybridized carbons (Fsp3) is 0.800. The molecule has 0 aliphatic carbocycles. The normalized spacial score (nSPS) is 27.0. The number of halogens is 6. The van der Waals surface area contributed by atoms with E-state index in [1.807, 2.05) is 0 Å². The molecule has 0 amide bonds. The van der Waals surface area contributed by atoms with Crippen LogP contribution >= 0.6 is 0 Å². The number of fused-ring (bicyclic) bond motifs is 2. The van der Waals surface area contributed by atoms with E-state index < -0.39 is 48.8 Å². The lowest BCUT2D eigenvalue weighted by Crippen LogP contribution is -2.63. The first-order valence-corrected chi connectivity index (χ1v) is 7.84. The molecular weight excluding hydrogens is 374 g/mol. The maximum absolute atomic E-state index is 13.3. The van der Waals surface area contributed by atoms with Gasteiger partial charge in [0.2, 0.25) is 0 Å². The Morgan fingerprint density at radius 2 is 1.81 bits per heavy atom.